The Morgan fingerprint density at radius 2 is 1.75 bits per heavy atom. The quantitative estimate of drug-likeness (QED) is 0.333. The zero-order valence-electron chi connectivity index (χ0n) is 14.8. The van der Waals surface area contributed by atoms with Crippen LogP contribution >= 0.6 is 34.4 Å². The molecule has 0 atom stereocenters. The van der Waals surface area contributed by atoms with Crippen LogP contribution in [0.25, 0.3) is 21.1 Å². The van der Waals surface area contributed by atoms with Crippen LogP contribution in [0.2, 0.25) is 0 Å². The molecule has 3 heterocycles. The first-order chi connectivity index (χ1) is 13.6. The maximum atomic E-state index is 12.5. The average Bonchev–Trinajstić information content (AvgIpc) is 3.41. The Hall–Kier alpha value is -2.55. The molecule has 0 saturated carbocycles. The van der Waals surface area contributed by atoms with Crippen molar-refractivity contribution in [3.8, 4) is 26.9 Å². The highest BCUT2D eigenvalue weighted by Gasteiger charge is 2.17. The SMILES string of the molecule is Cc1ccc(O)c(C(=O)CSc2nnc(-c3cccs3)c(-c3cccs3)n2)c1. The minimum atomic E-state index is -0.171. The van der Waals surface area contributed by atoms with Gasteiger partial charge in [0.15, 0.2) is 5.78 Å². The molecule has 8 heteroatoms. The third kappa shape index (κ3) is 3.99. The van der Waals surface area contributed by atoms with Gasteiger partial charge in [-0.25, -0.2) is 4.98 Å². The lowest BCUT2D eigenvalue weighted by Crippen LogP contribution is -2.05. The van der Waals surface area contributed by atoms with Crippen molar-refractivity contribution < 1.29 is 9.90 Å². The van der Waals surface area contributed by atoms with Crippen LogP contribution in [0.5, 0.6) is 5.75 Å². The van der Waals surface area contributed by atoms with Crippen molar-refractivity contribution >= 4 is 40.2 Å². The second-order valence-corrected chi connectivity index (χ2v) is 8.82. The summed E-state index contributed by atoms with van der Waals surface area (Å²) in [6.07, 6.45) is 0. The van der Waals surface area contributed by atoms with Crippen LogP contribution in [0.3, 0.4) is 0 Å². The monoisotopic (exact) mass is 425 g/mol. The number of thiophene rings is 2. The van der Waals surface area contributed by atoms with E-state index in [2.05, 4.69) is 15.2 Å². The van der Waals surface area contributed by atoms with E-state index in [0.29, 0.717) is 10.7 Å². The van der Waals surface area contributed by atoms with Crippen LogP contribution in [0.1, 0.15) is 15.9 Å². The van der Waals surface area contributed by atoms with Gasteiger partial charge in [-0.15, -0.1) is 32.9 Å². The zero-order valence-corrected chi connectivity index (χ0v) is 17.3. The minimum Gasteiger partial charge on any atom is -0.507 e. The second kappa shape index (κ2) is 8.22. The average molecular weight is 426 g/mol. The predicted octanol–water partition coefficient (Wildman–Crippen LogP) is 5.32. The number of carbonyl (C=O) groups excluding carboxylic acids is 1. The summed E-state index contributed by atoms with van der Waals surface area (Å²) in [6.45, 7) is 1.88. The van der Waals surface area contributed by atoms with E-state index < -0.39 is 0 Å². The fraction of sp³-hybridized carbons (Fsp3) is 0.100. The fourth-order valence-corrected chi connectivity index (χ4v) is 4.71. The van der Waals surface area contributed by atoms with Gasteiger partial charge in [0.25, 0.3) is 0 Å². The molecule has 140 valence electrons. The fourth-order valence-electron chi connectivity index (χ4n) is 2.62. The lowest BCUT2D eigenvalue weighted by molar-refractivity contribution is 0.102. The largest absolute Gasteiger partial charge is 0.507 e. The number of aryl methyl sites for hydroxylation is 1. The Bertz CT molecular complexity index is 1110. The molecule has 0 saturated heterocycles. The number of ketones is 1. The van der Waals surface area contributed by atoms with Gasteiger partial charge in [-0.1, -0.05) is 35.5 Å². The molecule has 4 aromatic rings. The van der Waals surface area contributed by atoms with Crippen LogP contribution in [0.4, 0.5) is 0 Å². The van der Waals surface area contributed by atoms with E-state index in [1.165, 1.54) is 17.8 Å². The summed E-state index contributed by atoms with van der Waals surface area (Å²) in [6, 6.07) is 12.9. The molecule has 3 aromatic heterocycles. The number of hydrogen-bond donors (Lipinski definition) is 1. The van der Waals surface area contributed by atoms with Gasteiger partial charge < -0.3 is 5.11 Å². The summed E-state index contributed by atoms with van der Waals surface area (Å²) in [7, 11) is 0. The van der Waals surface area contributed by atoms with Crippen molar-refractivity contribution in [2.75, 3.05) is 5.75 Å². The third-order valence-electron chi connectivity index (χ3n) is 3.96. The molecule has 0 radical (unpaired) electrons. The first-order valence-corrected chi connectivity index (χ1v) is 11.1. The van der Waals surface area contributed by atoms with Gasteiger partial charge in [-0.3, -0.25) is 4.79 Å². The van der Waals surface area contributed by atoms with Gasteiger partial charge in [-0.05, 0) is 41.9 Å². The van der Waals surface area contributed by atoms with Crippen molar-refractivity contribution in [3.05, 3.63) is 64.4 Å². The van der Waals surface area contributed by atoms with E-state index in [0.717, 1.165) is 26.7 Å². The number of aromatic nitrogens is 3. The van der Waals surface area contributed by atoms with Gasteiger partial charge >= 0.3 is 0 Å². The minimum absolute atomic E-state index is 0.0115. The van der Waals surface area contributed by atoms with Crippen molar-refractivity contribution in [1.82, 2.24) is 15.2 Å². The topological polar surface area (TPSA) is 76.0 Å². The number of benzene rings is 1. The number of carbonyl (C=O) groups is 1. The Morgan fingerprint density at radius 3 is 2.43 bits per heavy atom. The first-order valence-electron chi connectivity index (χ1n) is 8.40. The maximum Gasteiger partial charge on any atom is 0.210 e. The number of hydrogen-bond acceptors (Lipinski definition) is 8. The number of aromatic hydroxyl groups is 1. The van der Waals surface area contributed by atoms with Crippen LogP contribution in [-0.2, 0) is 0 Å². The normalized spacial score (nSPS) is 10.9. The molecule has 4 rings (SSSR count). The molecule has 0 bridgehead atoms. The summed E-state index contributed by atoms with van der Waals surface area (Å²) in [5, 5.41) is 23.0. The molecule has 5 nitrogen and oxygen atoms in total. The Morgan fingerprint density at radius 1 is 1.04 bits per heavy atom. The van der Waals surface area contributed by atoms with Crippen LogP contribution in [-0.4, -0.2) is 31.8 Å². The van der Waals surface area contributed by atoms with Crippen molar-refractivity contribution in [1.29, 1.82) is 0 Å². The zero-order chi connectivity index (χ0) is 19.5. The van der Waals surface area contributed by atoms with Crippen LogP contribution < -0.4 is 0 Å². The van der Waals surface area contributed by atoms with E-state index in [1.807, 2.05) is 41.9 Å². The number of rotatable bonds is 6. The van der Waals surface area contributed by atoms with Crippen molar-refractivity contribution in [2.45, 2.75) is 12.1 Å². The van der Waals surface area contributed by atoms with Gasteiger partial charge in [0.1, 0.15) is 17.1 Å². The molecule has 0 aliphatic rings. The Labute approximate surface area is 174 Å². The summed E-state index contributed by atoms with van der Waals surface area (Å²) >= 11 is 4.39. The van der Waals surface area contributed by atoms with Gasteiger partial charge in [0.2, 0.25) is 5.16 Å². The highest BCUT2D eigenvalue weighted by atomic mass is 32.2. The molecule has 0 fully saturated rings. The smallest absolute Gasteiger partial charge is 0.210 e. The third-order valence-corrected chi connectivity index (χ3v) is 6.55. The number of phenolic OH excluding ortho intramolecular Hbond substituents is 1. The molecule has 1 aromatic carbocycles. The number of thioether (sulfide) groups is 1. The summed E-state index contributed by atoms with van der Waals surface area (Å²) in [4.78, 5) is 19.2. The molecule has 0 amide bonds. The highest BCUT2D eigenvalue weighted by molar-refractivity contribution is 7.99. The van der Waals surface area contributed by atoms with E-state index in [1.54, 1.807) is 34.8 Å². The molecule has 0 aliphatic heterocycles. The van der Waals surface area contributed by atoms with E-state index in [9.17, 15) is 9.90 Å². The Balaban J connectivity index is 1.60. The number of nitrogens with zero attached hydrogens (tertiary/aromatic N) is 3. The highest BCUT2D eigenvalue weighted by Crippen LogP contribution is 2.34. The van der Waals surface area contributed by atoms with Crippen LogP contribution in [0.15, 0.2) is 58.4 Å². The summed E-state index contributed by atoms with van der Waals surface area (Å²) in [5.41, 5.74) is 2.74. The summed E-state index contributed by atoms with van der Waals surface area (Å²) in [5.74, 6) is -0.0571. The molecule has 1 N–H and O–H groups in total. The van der Waals surface area contributed by atoms with Crippen molar-refractivity contribution in [3.63, 3.8) is 0 Å². The standard InChI is InChI=1S/C20H15N3O2S3/c1-12-6-7-14(24)13(10-12)15(25)11-28-20-21-18(16-4-2-8-26-16)19(22-23-20)17-5-3-9-27-17/h2-10,24H,11H2,1H3. The van der Waals surface area contributed by atoms with Gasteiger partial charge in [0.05, 0.1) is 21.1 Å². The van der Waals surface area contributed by atoms with Gasteiger partial charge in [-0.2, -0.15) is 0 Å². The molecule has 0 spiro atoms. The van der Waals surface area contributed by atoms with Gasteiger partial charge in [0, 0.05) is 0 Å². The lowest BCUT2D eigenvalue weighted by Gasteiger charge is -2.07. The molecular formula is C20H15N3O2S3. The first kappa shape index (κ1) is 18.8. The number of phenols is 1. The Kier molecular flexibility index (Phi) is 5.52. The molecule has 0 aliphatic carbocycles. The molecule has 0 unspecified atom stereocenters. The van der Waals surface area contributed by atoms with Crippen molar-refractivity contribution in [2.24, 2.45) is 0 Å². The maximum absolute atomic E-state index is 12.5. The van der Waals surface area contributed by atoms with E-state index >= 15 is 0 Å². The van der Waals surface area contributed by atoms with E-state index in [4.69, 9.17) is 0 Å². The van der Waals surface area contributed by atoms with E-state index in [-0.39, 0.29) is 17.3 Å². The summed E-state index contributed by atoms with van der Waals surface area (Å²) < 4.78 is 0. The predicted molar refractivity (Wildman–Crippen MR) is 114 cm³/mol. The molecular weight excluding hydrogens is 410 g/mol. The molecule has 28 heavy (non-hydrogen) atoms. The second-order valence-electron chi connectivity index (χ2n) is 5.98. The number of Topliss-reactive ketones (excluding diaryl/α,β-unsaturated/α-hetero) is 1. The van der Waals surface area contributed by atoms with Crippen LogP contribution in [0, 0.1) is 6.92 Å². The lowest BCUT2D eigenvalue weighted by atomic mass is 10.1.